The van der Waals surface area contributed by atoms with Crippen molar-refractivity contribution in [2.24, 2.45) is 0 Å². The van der Waals surface area contributed by atoms with Gasteiger partial charge in [0.2, 0.25) is 5.91 Å². The van der Waals surface area contributed by atoms with Gasteiger partial charge in [-0.2, -0.15) is 0 Å². The second-order valence-electron chi connectivity index (χ2n) is 4.99. The lowest BCUT2D eigenvalue weighted by molar-refractivity contribution is -0.116. The summed E-state index contributed by atoms with van der Waals surface area (Å²) in [6.07, 6.45) is 0.580. The van der Waals surface area contributed by atoms with Crippen molar-refractivity contribution >= 4 is 11.6 Å². The van der Waals surface area contributed by atoms with Gasteiger partial charge < -0.3 is 15.0 Å². The predicted molar refractivity (Wildman–Crippen MR) is 84.3 cm³/mol. The van der Waals surface area contributed by atoms with Gasteiger partial charge in [-0.05, 0) is 44.5 Å². The number of methoxy groups -OCH3 is 1. The fourth-order valence-corrected chi connectivity index (χ4v) is 2.18. The van der Waals surface area contributed by atoms with Crippen LogP contribution in [0.1, 0.15) is 23.5 Å². The molecular weight excluding hydrogens is 282 g/mol. The Morgan fingerprint density at radius 1 is 1.27 bits per heavy atom. The summed E-state index contributed by atoms with van der Waals surface area (Å²) in [5, 5.41) is 2.79. The molecule has 1 aromatic heterocycles. The van der Waals surface area contributed by atoms with Crippen LogP contribution in [-0.4, -0.2) is 23.0 Å². The Morgan fingerprint density at radius 3 is 2.55 bits per heavy atom. The molecule has 0 radical (unpaired) electrons. The smallest absolute Gasteiger partial charge is 0.254 e. The van der Waals surface area contributed by atoms with Gasteiger partial charge in [-0.25, -0.2) is 4.98 Å². The first kappa shape index (κ1) is 15.8. The Bertz CT molecular complexity index is 720. The molecule has 1 amide bonds. The number of rotatable bonds is 5. The van der Waals surface area contributed by atoms with Gasteiger partial charge in [0.1, 0.15) is 11.6 Å². The van der Waals surface area contributed by atoms with Gasteiger partial charge in [-0.3, -0.25) is 9.59 Å². The highest BCUT2D eigenvalue weighted by Gasteiger charge is 2.10. The molecular formula is C16H19N3O3. The quantitative estimate of drug-likeness (QED) is 0.884. The third kappa shape index (κ3) is 3.94. The van der Waals surface area contributed by atoms with Crippen molar-refractivity contribution in [2.75, 3.05) is 12.4 Å². The molecule has 0 saturated carbocycles. The molecule has 0 aliphatic rings. The van der Waals surface area contributed by atoms with Gasteiger partial charge >= 0.3 is 0 Å². The Labute approximate surface area is 128 Å². The predicted octanol–water partition coefficient (Wildman–Crippen LogP) is 1.97. The Hall–Kier alpha value is -2.63. The second-order valence-corrected chi connectivity index (χ2v) is 4.99. The zero-order chi connectivity index (χ0) is 16.1. The number of carbonyl (C=O) groups excluding carboxylic acids is 1. The molecule has 116 valence electrons. The van der Waals surface area contributed by atoms with E-state index in [2.05, 4.69) is 15.3 Å². The zero-order valence-electron chi connectivity index (χ0n) is 12.9. The number of nitrogens with zero attached hydrogens (tertiary/aromatic N) is 1. The number of ether oxygens (including phenoxy) is 1. The molecule has 6 heteroatoms. The first-order valence-corrected chi connectivity index (χ1v) is 7.00. The molecule has 0 bridgehead atoms. The molecule has 0 aliphatic heterocycles. The summed E-state index contributed by atoms with van der Waals surface area (Å²) in [5.74, 6) is 1.16. The molecule has 2 aromatic rings. The minimum absolute atomic E-state index is 0.149. The lowest BCUT2D eigenvalue weighted by Crippen LogP contribution is -2.20. The third-order valence-electron chi connectivity index (χ3n) is 3.32. The molecule has 0 atom stereocenters. The van der Waals surface area contributed by atoms with Crippen LogP contribution in [0, 0.1) is 13.8 Å². The molecule has 0 spiro atoms. The van der Waals surface area contributed by atoms with Crippen LogP contribution in [0.3, 0.4) is 0 Å². The first-order chi connectivity index (χ1) is 10.5. The minimum atomic E-state index is -0.178. The summed E-state index contributed by atoms with van der Waals surface area (Å²) in [6.45, 7) is 3.51. The van der Waals surface area contributed by atoms with Gasteiger partial charge in [0.15, 0.2) is 0 Å². The molecule has 1 heterocycles. The maximum absolute atomic E-state index is 12.0. The molecule has 0 unspecified atom stereocenters. The van der Waals surface area contributed by atoms with Crippen molar-refractivity contribution in [2.45, 2.75) is 26.7 Å². The third-order valence-corrected chi connectivity index (χ3v) is 3.32. The summed E-state index contributed by atoms with van der Waals surface area (Å²) in [5.41, 5.74) is 1.73. The number of H-pyrrole nitrogens is 1. The van der Waals surface area contributed by atoms with Crippen molar-refractivity contribution in [3.63, 3.8) is 0 Å². The van der Waals surface area contributed by atoms with Crippen LogP contribution in [-0.2, 0) is 11.2 Å². The molecule has 6 nitrogen and oxygen atoms in total. The van der Waals surface area contributed by atoms with Gasteiger partial charge in [-0.1, -0.05) is 0 Å². The molecule has 22 heavy (non-hydrogen) atoms. The van der Waals surface area contributed by atoms with Gasteiger partial charge in [0.25, 0.3) is 5.56 Å². The minimum Gasteiger partial charge on any atom is -0.497 e. The van der Waals surface area contributed by atoms with E-state index in [0.717, 1.165) is 5.75 Å². The van der Waals surface area contributed by atoms with E-state index in [9.17, 15) is 9.59 Å². The second kappa shape index (κ2) is 6.89. The number of hydrogen-bond acceptors (Lipinski definition) is 4. The average molecular weight is 301 g/mol. The van der Waals surface area contributed by atoms with Crippen LogP contribution >= 0.6 is 0 Å². The Morgan fingerprint density at radius 2 is 1.95 bits per heavy atom. The SMILES string of the molecule is COc1ccc(NC(=O)CCc2c(C)nc(C)[nH]c2=O)cc1. The Kier molecular flexibility index (Phi) is 4.93. The fraction of sp³-hybridized carbons (Fsp3) is 0.312. The van der Waals surface area contributed by atoms with E-state index in [-0.39, 0.29) is 17.9 Å². The average Bonchev–Trinajstić information content (AvgIpc) is 2.47. The summed E-state index contributed by atoms with van der Waals surface area (Å²) < 4.78 is 5.06. The molecule has 0 aliphatic carbocycles. The lowest BCUT2D eigenvalue weighted by Gasteiger charge is -2.07. The van der Waals surface area contributed by atoms with Crippen LogP contribution in [0.15, 0.2) is 29.1 Å². The van der Waals surface area contributed by atoms with Gasteiger partial charge in [0, 0.05) is 23.4 Å². The van der Waals surface area contributed by atoms with E-state index in [1.807, 2.05) is 0 Å². The Balaban J connectivity index is 1.97. The molecule has 2 rings (SSSR count). The monoisotopic (exact) mass is 301 g/mol. The van der Waals surface area contributed by atoms with Crippen LogP contribution < -0.4 is 15.6 Å². The molecule has 0 fully saturated rings. The topological polar surface area (TPSA) is 84.1 Å². The van der Waals surface area contributed by atoms with Crippen LogP contribution in [0.5, 0.6) is 5.75 Å². The summed E-state index contributed by atoms with van der Waals surface area (Å²) in [6, 6.07) is 7.08. The number of anilines is 1. The van der Waals surface area contributed by atoms with Gasteiger partial charge in [-0.15, -0.1) is 0 Å². The highest BCUT2D eigenvalue weighted by molar-refractivity contribution is 5.90. The summed E-state index contributed by atoms with van der Waals surface area (Å²) in [7, 11) is 1.59. The van der Waals surface area contributed by atoms with Crippen LogP contribution in [0.2, 0.25) is 0 Å². The summed E-state index contributed by atoms with van der Waals surface area (Å²) in [4.78, 5) is 30.7. The number of hydrogen-bond donors (Lipinski definition) is 2. The van der Waals surface area contributed by atoms with Crippen LogP contribution in [0.25, 0.3) is 0 Å². The van der Waals surface area contributed by atoms with E-state index < -0.39 is 0 Å². The maximum Gasteiger partial charge on any atom is 0.254 e. The highest BCUT2D eigenvalue weighted by Crippen LogP contribution is 2.15. The number of aromatic nitrogens is 2. The van der Waals surface area contributed by atoms with Gasteiger partial charge in [0.05, 0.1) is 7.11 Å². The van der Waals surface area contributed by atoms with E-state index in [4.69, 9.17) is 4.74 Å². The maximum atomic E-state index is 12.0. The number of benzene rings is 1. The summed E-state index contributed by atoms with van der Waals surface area (Å²) >= 11 is 0. The van der Waals surface area contributed by atoms with E-state index in [0.29, 0.717) is 29.2 Å². The first-order valence-electron chi connectivity index (χ1n) is 7.00. The lowest BCUT2D eigenvalue weighted by atomic mass is 10.1. The van der Waals surface area contributed by atoms with Crippen molar-refractivity contribution in [1.82, 2.24) is 9.97 Å². The number of amides is 1. The molecule has 2 N–H and O–H groups in total. The van der Waals surface area contributed by atoms with Crippen molar-refractivity contribution in [3.05, 3.63) is 51.7 Å². The number of aromatic amines is 1. The molecule has 1 aromatic carbocycles. The highest BCUT2D eigenvalue weighted by atomic mass is 16.5. The number of carbonyl (C=O) groups is 1. The van der Waals surface area contributed by atoms with Crippen molar-refractivity contribution in [1.29, 1.82) is 0 Å². The van der Waals surface area contributed by atoms with Crippen molar-refractivity contribution in [3.8, 4) is 5.75 Å². The van der Waals surface area contributed by atoms with E-state index in [1.54, 1.807) is 45.2 Å². The number of nitrogens with one attached hydrogen (secondary N) is 2. The molecule has 0 saturated heterocycles. The van der Waals surface area contributed by atoms with Crippen LogP contribution in [0.4, 0.5) is 5.69 Å². The van der Waals surface area contributed by atoms with Crippen molar-refractivity contribution < 1.29 is 9.53 Å². The zero-order valence-corrected chi connectivity index (χ0v) is 12.9. The fourth-order valence-electron chi connectivity index (χ4n) is 2.18. The number of aryl methyl sites for hydroxylation is 2. The standard InChI is InChI=1S/C16H19N3O3/c1-10-14(16(21)18-11(2)17-10)8-9-15(20)19-12-4-6-13(22-3)7-5-12/h4-7H,8-9H2,1-3H3,(H,19,20)(H,17,18,21). The van der Waals surface area contributed by atoms with E-state index >= 15 is 0 Å². The largest absolute Gasteiger partial charge is 0.497 e. The normalized spacial score (nSPS) is 10.3. The van der Waals surface area contributed by atoms with E-state index in [1.165, 1.54) is 0 Å².